The van der Waals surface area contributed by atoms with Crippen molar-refractivity contribution >= 4 is 11.7 Å². The highest BCUT2D eigenvalue weighted by molar-refractivity contribution is 6.03. The first-order valence-electron chi connectivity index (χ1n) is 7.72. The summed E-state index contributed by atoms with van der Waals surface area (Å²) >= 11 is 0. The molecule has 124 valence electrons. The number of aryl methyl sites for hydroxylation is 1. The number of hydrogen-bond donors (Lipinski definition) is 1. The Morgan fingerprint density at radius 2 is 1.96 bits per heavy atom. The molecule has 0 atom stereocenters. The second-order valence-corrected chi connectivity index (χ2v) is 5.75. The third kappa shape index (κ3) is 4.32. The molecule has 6 heteroatoms. The number of hydrogen-bond acceptors (Lipinski definition) is 4. The Bertz CT molecular complexity index is 713. The summed E-state index contributed by atoms with van der Waals surface area (Å²) in [6, 6.07) is 9.20. The van der Waals surface area contributed by atoms with Gasteiger partial charge >= 0.3 is 5.63 Å². The fourth-order valence-electron chi connectivity index (χ4n) is 2.37. The summed E-state index contributed by atoms with van der Waals surface area (Å²) in [6.07, 6.45) is 0. The van der Waals surface area contributed by atoms with E-state index in [1.165, 1.54) is 10.8 Å². The molecule has 0 aliphatic rings. The van der Waals surface area contributed by atoms with Gasteiger partial charge in [-0.05, 0) is 38.1 Å². The predicted molar refractivity (Wildman–Crippen MR) is 89.6 cm³/mol. The number of anilines is 1. The summed E-state index contributed by atoms with van der Waals surface area (Å²) in [4.78, 5) is 25.7. The monoisotopic (exact) mass is 317 g/mol. The Morgan fingerprint density at radius 1 is 1.30 bits per heavy atom. The van der Waals surface area contributed by atoms with Crippen LogP contribution in [0.3, 0.4) is 0 Å². The van der Waals surface area contributed by atoms with E-state index in [1.54, 1.807) is 19.2 Å². The standard InChI is InChI=1S/C17H23N3O3/c1-5-20(12(2)3)11-13-6-8-14(9-7-13)17(22)18-15-10-16(21)23-19(15)4/h6-10,12H,5,11H2,1-4H3,(H,18,22). The van der Waals surface area contributed by atoms with Gasteiger partial charge in [-0.25, -0.2) is 4.79 Å². The summed E-state index contributed by atoms with van der Waals surface area (Å²) in [5.41, 5.74) is 1.20. The van der Waals surface area contributed by atoms with E-state index in [9.17, 15) is 9.59 Å². The minimum Gasteiger partial charge on any atom is -0.335 e. The SMILES string of the molecule is CCN(Cc1ccc(C(=O)Nc2cc(=O)on2C)cc1)C(C)C. The molecule has 0 radical (unpaired) electrons. The van der Waals surface area contributed by atoms with Gasteiger partial charge in [0.15, 0.2) is 5.82 Å². The van der Waals surface area contributed by atoms with Gasteiger partial charge in [0, 0.05) is 25.2 Å². The average molecular weight is 317 g/mol. The van der Waals surface area contributed by atoms with E-state index in [2.05, 4.69) is 31.0 Å². The Balaban J connectivity index is 2.05. The van der Waals surface area contributed by atoms with Gasteiger partial charge in [0.1, 0.15) is 0 Å². The fraction of sp³-hybridized carbons (Fsp3) is 0.412. The zero-order valence-corrected chi connectivity index (χ0v) is 14.0. The van der Waals surface area contributed by atoms with Crippen LogP contribution in [0, 0.1) is 0 Å². The van der Waals surface area contributed by atoms with Crippen molar-refractivity contribution in [3.05, 3.63) is 51.9 Å². The number of carbonyl (C=O) groups is 1. The van der Waals surface area contributed by atoms with Crippen molar-refractivity contribution in [2.45, 2.75) is 33.4 Å². The van der Waals surface area contributed by atoms with Crippen molar-refractivity contribution in [2.75, 3.05) is 11.9 Å². The third-order valence-corrected chi connectivity index (χ3v) is 3.80. The average Bonchev–Trinajstić information content (AvgIpc) is 2.82. The largest absolute Gasteiger partial charge is 0.359 e. The molecule has 1 aromatic heterocycles. The molecule has 1 N–H and O–H groups in total. The van der Waals surface area contributed by atoms with Crippen LogP contribution in [-0.2, 0) is 13.6 Å². The highest BCUT2D eigenvalue weighted by Gasteiger charge is 2.11. The van der Waals surface area contributed by atoms with Crippen LogP contribution in [0.2, 0.25) is 0 Å². The van der Waals surface area contributed by atoms with Crippen molar-refractivity contribution in [2.24, 2.45) is 7.05 Å². The van der Waals surface area contributed by atoms with Crippen LogP contribution in [0.5, 0.6) is 0 Å². The molecule has 2 rings (SSSR count). The lowest BCUT2D eigenvalue weighted by Crippen LogP contribution is -2.29. The molecule has 1 amide bonds. The van der Waals surface area contributed by atoms with Crippen LogP contribution in [0.15, 0.2) is 39.6 Å². The number of benzene rings is 1. The maximum atomic E-state index is 12.2. The molecule has 6 nitrogen and oxygen atoms in total. The molecule has 0 aliphatic carbocycles. The topological polar surface area (TPSA) is 67.5 Å². The molecular weight excluding hydrogens is 294 g/mol. The molecular formula is C17H23N3O3. The number of nitrogens with zero attached hydrogens (tertiary/aromatic N) is 2. The van der Waals surface area contributed by atoms with Gasteiger partial charge in [-0.1, -0.05) is 19.1 Å². The normalized spacial score (nSPS) is 11.2. The van der Waals surface area contributed by atoms with E-state index >= 15 is 0 Å². The van der Waals surface area contributed by atoms with Gasteiger partial charge in [0.05, 0.1) is 6.07 Å². The van der Waals surface area contributed by atoms with Crippen LogP contribution in [0.25, 0.3) is 0 Å². The van der Waals surface area contributed by atoms with Gasteiger partial charge in [-0.2, -0.15) is 4.74 Å². The molecule has 0 saturated carbocycles. The van der Waals surface area contributed by atoms with Crippen LogP contribution in [0.4, 0.5) is 5.82 Å². The van der Waals surface area contributed by atoms with E-state index in [-0.39, 0.29) is 5.91 Å². The first-order valence-corrected chi connectivity index (χ1v) is 7.72. The van der Waals surface area contributed by atoms with Crippen LogP contribution < -0.4 is 10.9 Å². The molecule has 23 heavy (non-hydrogen) atoms. The Kier molecular flexibility index (Phi) is 5.39. The first kappa shape index (κ1) is 17.0. The molecule has 1 aromatic carbocycles. The van der Waals surface area contributed by atoms with E-state index in [4.69, 9.17) is 4.52 Å². The van der Waals surface area contributed by atoms with Gasteiger partial charge in [-0.15, -0.1) is 0 Å². The fourth-order valence-corrected chi connectivity index (χ4v) is 2.37. The van der Waals surface area contributed by atoms with Crippen molar-refractivity contribution in [1.82, 2.24) is 9.64 Å². The lowest BCUT2D eigenvalue weighted by atomic mass is 10.1. The number of rotatable bonds is 6. The van der Waals surface area contributed by atoms with Gasteiger partial charge in [-0.3, -0.25) is 9.69 Å². The molecule has 0 aliphatic heterocycles. The highest BCUT2D eigenvalue weighted by atomic mass is 16.5. The number of nitrogens with one attached hydrogen (secondary N) is 1. The molecule has 0 spiro atoms. The summed E-state index contributed by atoms with van der Waals surface area (Å²) < 4.78 is 6.02. The minimum atomic E-state index is -0.494. The summed E-state index contributed by atoms with van der Waals surface area (Å²) in [6.45, 7) is 8.30. The zero-order valence-electron chi connectivity index (χ0n) is 14.0. The van der Waals surface area contributed by atoms with Crippen molar-refractivity contribution in [1.29, 1.82) is 0 Å². The third-order valence-electron chi connectivity index (χ3n) is 3.80. The lowest BCUT2D eigenvalue weighted by molar-refractivity contribution is 0.102. The van der Waals surface area contributed by atoms with Crippen LogP contribution >= 0.6 is 0 Å². The Hall–Kier alpha value is -2.34. The van der Waals surface area contributed by atoms with Crippen molar-refractivity contribution in [3.63, 3.8) is 0 Å². The first-order chi connectivity index (χ1) is 10.9. The van der Waals surface area contributed by atoms with E-state index in [1.807, 2.05) is 12.1 Å². The number of carbonyl (C=O) groups excluding carboxylic acids is 1. The van der Waals surface area contributed by atoms with Crippen molar-refractivity contribution in [3.8, 4) is 0 Å². The highest BCUT2D eigenvalue weighted by Crippen LogP contribution is 2.12. The molecule has 1 heterocycles. The van der Waals surface area contributed by atoms with Gasteiger partial charge < -0.3 is 9.84 Å². The zero-order chi connectivity index (χ0) is 17.0. The molecule has 0 saturated heterocycles. The minimum absolute atomic E-state index is 0.274. The van der Waals surface area contributed by atoms with E-state index < -0.39 is 5.63 Å². The predicted octanol–water partition coefficient (Wildman–Crippen LogP) is 2.46. The summed E-state index contributed by atoms with van der Waals surface area (Å²) in [7, 11) is 1.56. The number of amides is 1. The summed E-state index contributed by atoms with van der Waals surface area (Å²) in [5.74, 6) is 0.0604. The maximum Gasteiger partial charge on any atom is 0.359 e. The van der Waals surface area contributed by atoms with Gasteiger partial charge in [0.25, 0.3) is 5.91 Å². The number of aromatic nitrogens is 1. The second-order valence-electron chi connectivity index (χ2n) is 5.75. The Labute approximate surface area is 135 Å². The summed E-state index contributed by atoms with van der Waals surface area (Å²) in [5, 5.41) is 2.66. The molecule has 0 unspecified atom stereocenters. The van der Waals surface area contributed by atoms with Crippen LogP contribution in [-0.4, -0.2) is 28.1 Å². The smallest absolute Gasteiger partial charge is 0.335 e. The molecule has 0 bridgehead atoms. The quantitative estimate of drug-likeness (QED) is 0.888. The molecule has 0 fully saturated rings. The molecule has 2 aromatic rings. The van der Waals surface area contributed by atoms with E-state index in [0.29, 0.717) is 17.4 Å². The lowest BCUT2D eigenvalue weighted by Gasteiger charge is -2.24. The van der Waals surface area contributed by atoms with Crippen molar-refractivity contribution < 1.29 is 9.32 Å². The maximum absolute atomic E-state index is 12.2. The van der Waals surface area contributed by atoms with Gasteiger partial charge in [0.2, 0.25) is 0 Å². The van der Waals surface area contributed by atoms with Crippen LogP contribution in [0.1, 0.15) is 36.7 Å². The van der Waals surface area contributed by atoms with E-state index in [0.717, 1.165) is 18.7 Å². The second kappa shape index (κ2) is 7.28. The Morgan fingerprint density at radius 3 is 2.43 bits per heavy atom.